The summed E-state index contributed by atoms with van der Waals surface area (Å²) in [5, 5.41) is 6.17. The summed E-state index contributed by atoms with van der Waals surface area (Å²) >= 11 is 0. The molecule has 1 aliphatic rings. The molecule has 0 spiro atoms. The van der Waals surface area contributed by atoms with Crippen LogP contribution < -0.4 is 10.6 Å². The van der Waals surface area contributed by atoms with Crippen LogP contribution in [0.15, 0.2) is 24.3 Å². The standard InChI is InChI=1S/C16H25N3O/c1-13-5-7-15(8-6-13)18-16(20)11-17-10-14-4-3-9-19(2)12-14/h5-8,14,17H,3-4,9-12H2,1-2H3,(H,18,20). The number of nitrogens with one attached hydrogen (secondary N) is 2. The van der Waals surface area contributed by atoms with E-state index in [4.69, 9.17) is 0 Å². The maximum atomic E-state index is 11.8. The summed E-state index contributed by atoms with van der Waals surface area (Å²) in [6, 6.07) is 7.87. The zero-order valence-corrected chi connectivity index (χ0v) is 12.5. The van der Waals surface area contributed by atoms with E-state index in [0.29, 0.717) is 12.5 Å². The highest BCUT2D eigenvalue weighted by Crippen LogP contribution is 2.13. The number of hydrogen-bond donors (Lipinski definition) is 2. The average Bonchev–Trinajstić information content (AvgIpc) is 2.41. The van der Waals surface area contributed by atoms with E-state index in [1.54, 1.807) is 0 Å². The van der Waals surface area contributed by atoms with Gasteiger partial charge >= 0.3 is 0 Å². The van der Waals surface area contributed by atoms with E-state index in [-0.39, 0.29) is 5.91 Å². The molecule has 1 aromatic carbocycles. The van der Waals surface area contributed by atoms with E-state index in [1.165, 1.54) is 24.9 Å². The maximum Gasteiger partial charge on any atom is 0.238 e. The van der Waals surface area contributed by atoms with E-state index in [9.17, 15) is 4.79 Å². The predicted molar refractivity (Wildman–Crippen MR) is 82.9 cm³/mol. The molecule has 2 N–H and O–H groups in total. The van der Waals surface area contributed by atoms with Gasteiger partial charge in [-0.3, -0.25) is 4.79 Å². The molecule has 1 heterocycles. The molecule has 0 radical (unpaired) electrons. The number of benzene rings is 1. The first-order chi connectivity index (χ1) is 9.63. The predicted octanol–water partition coefficient (Wildman–Crippen LogP) is 1.86. The summed E-state index contributed by atoms with van der Waals surface area (Å²) in [5.74, 6) is 0.693. The van der Waals surface area contributed by atoms with Gasteiger partial charge in [-0.1, -0.05) is 17.7 Å². The molecule has 0 bridgehead atoms. The highest BCUT2D eigenvalue weighted by Gasteiger charge is 2.16. The van der Waals surface area contributed by atoms with Gasteiger partial charge in [0.1, 0.15) is 0 Å². The normalized spacial score (nSPS) is 19.8. The second-order valence-corrected chi connectivity index (χ2v) is 5.82. The number of carbonyl (C=O) groups is 1. The Balaban J connectivity index is 1.66. The van der Waals surface area contributed by atoms with Crippen LogP contribution in [0.25, 0.3) is 0 Å². The molecule has 1 fully saturated rings. The molecule has 4 nitrogen and oxygen atoms in total. The van der Waals surface area contributed by atoms with Gasteiger partial charge in [-0.05, 0) is 58.0 Å². The molecule has 1 saturated heterocycles. The van der Waals surface area contributed by atoms with Gasteiger partial charge in [-0.15, -0.1) is 0 Å². The number of amides is 1. The molecular formula is C16H25N3O. The van der Waals surface area contributed by atoms with E-state index in [0.717, 1.165) is 18.8 Å². The van der Waals surface area contributed by atoms with Crippen molar-refractivity contribution in [2.24, 2.45) is 5.92 Å². The zero-order chi connectivity index (χ0) is 14.4. The molecule has 0 saturated carbocycles. The Morgan fingerprint density at radius 3 is 2.80 bits per heavy atom. The molecule has 4 heteroatoms. The Labute approximate surface area is 121 Å². The van der Waals surface area contributed by atoms with Gasteiger partial charge in [0.15, 0.2) is 0 Å². The van der Waals surface area contributed by atoms with E-state index in [1.807, 2.05) is 31.2 Å². The Morgan fingerprint density at radius 2 is 2.10 bits per heavy atom. The van der Waals surface area contributed by atoms with Gasteiger partial charge in [0, 0.05) is 12.2 Å². The first-order valence-electron chi connectivity index (χ1n) is 7.39. The van der Waals surface area contributed by atoms with Crippen molar-refractivity contribution in [2.75, 3.05) is 38.5 Å². The summed E-state index contributed by atoms with van der Waals surface area (Å²) < 4.78 is 0. The summed E-state index contributed by atoms with van der Waals surface area (Å²) in [4.78, 5) is 14.2. The molecule has 2 rings (SSSR count). The van der Waals surface area contributed by atoms with E-state index in [2.05, 4.69) is 22.6 Å². The minimum Gasteiger partial charge on any atom is -0.325 e. The lowest BCUT2D eigenvalue weighted by atomic mass is 9.98. The van der Waals surface area contributed by atoms with Crippen molar-refractivity contribution in [1.29, 1.82) is 0 Å². The SMILES string of the molecule is Cc1ccc(NC(=O)CNCC2CCCN(C)C2)cc1. The fourth-order valence-corrected chi connectivity index (χ4v) is 2.67. The smallest absolute Gasteiger partial charge is 0.238 e. The minimum atomic E-state index is 0.0259. The van der Waals surface area contributed by atoms with Crippen LogP contribution in [0, 0.1) is 12.8 Å². The minimum absolute atomic E-state index is 0.0259. The summed E-state index contributed by atoms with van der Waals surface area (Å²) in [6.07, 6.45) is 2.52. The van der Waals surface area contributed by atoms with Crippen LogP contribution in [0.1, 0.15) is 18.4 Å². The van der Waals surface area contributed by atoms with Crippen LogP contribution in [0.5, 0.6) is 0 Å². The van der Waals surface area contributed by atoms with Gasteiger partial charge < -0.3 is 15.5 Å². The first kappa shape index (κ1) is 15.0. The number of likely N-dealkylation sites (tertiary alicyclic amines) is 1. The fourth-order valence-electron chi connectivity index (χ4n) is 2.67. The van der Waals surface area contributed by atoms with Crippen LogP contribution in [-0.4, -0.2) is 44.0 Å². The van der Waals surface area contributed by atoms with Crippen LogP contribution in [0.3, 0.4) is 0 Å². The number of aryl methyl sites for hydroxylation is 1. The largest absolute Gasteiger partial charge is 0.325 e. The molecule has 1 aromatic rings. The number of rotatable bonds is 5. The lowest BCUT2D eigenvalue weighted by molar-refractivity contribution is -0.115. The summed E-state index contributed by atoms with van der Waals surface area (Å²) in [6.45, 7) is 5.67. The van der Waals surface area contributed by atoms with Crippen molar-refractivity contribution in [3.63, 3.8) is 0 Å². The van der Waals surface area contributed by atoms with Gasteiger partial charge in [-0.2, -0.15) is 0 Å². The third kappa shape index (κ3) is 4.94. The van der Waals surface area contributed by atoms with E-state index >= 15 is 0 Å². The van der Waals surface area contributed by atoms with Crippen molar-refractivity contribution in [3.8, 4) is 0 Å². The van der Waals surface area contributed by atoms with E-state index < -0.39 is 0 Å². The van der Waals surface area contributed by atoms with Gasteiger partial charge in [0.05, 0.1) is 6.54 Å². The molecule has 0 aliphatic carbocycles. The Hall–Kier alpha value is -1.39. The maximum absolute atomic E-state index is 11.8. The number of carbonyl (C=O) groups excluding carboxylic acids is 1. The van der Waals surface area contributed by atoms with Gasteiger partial charge in [0.2, 0.25) is 5.91 Å². The quantitative estimate of drug-likeness (QED) is 0.862. The van der Waals surface area contributed by atoms with Crippen LogP contribution >= 0.6 is 0 Å². The van der Waals surface area contributed by atoms with Crippen molar-refractivity contribution < 1.29 is 4.79 Å². The molecule has 1 unspecified atom stereocenters. The van der Waals surface area contributed by atoms with Crippen LogP contribution in [0.4, 0.5) is 5.69 Å². The van der Waals surface area contributed by atoms with Crippen molar-refractivity contribution in [3.05, 3.63) is 29.8 Å². The Morgan fingerprint density at radius 1 is 1.35 bits per heavy atom. The molecule has 20 heavy (non-hydrogen) atoms. The first-order valence-corrected chi connectivity index (χ1v) is 7.39. The van der Waals surface area contributed by atoms with Crippen LogP contribution in [-0.2, 0) is 4.79 Å². The second kappa shape index (κ2) is 7.41. The lowest BCUT2D eigenvalue weighted by Gasteiger charge is -2.29. The number of nitrogens with zero attached hydrogens (tertiary/aromatic N) is 1. The lowest BCUT2D eigenvalue weighted by Crippen LogP contribution is -2.39. The third-order valence-corrected chi connectivity index (χ3v) is 3.78. The monoisotopic (exact) mass is 275 g/mol. The zero-order valence-electron chi connectivity index (χ0n) is 12.5. The molecule has 1 aliphatic heterocycles. The van der Waals surface area contributed by atoms with Gasteiger partial charge in [0.25, 0.3) is 0 Å². The third-order valence-electron chi connectivity index (χ3n) is 3.78. The van der Waals surface area contributed by atoms with Crippen LogP contribution in [0.2, 0.25) is 0 Å². The molecular weight excluding hydrogens is 250 g/mol. The second-order valence-electron chi connectivity index (χ2n) is 5.82. The average molecular weight is 275 g/mol. The Bertz CT molecular complexity index is 430. The number of piperidine rings is 1. The Kier molecular flexibility index (Phi) is 5.56. The number of anilines is 1. The number of hydrogen-bond acceptors (Lipinski definition) is 3. The molecule has 110 valence electrons. The molecule has 1 atom stereocenters. The molecule has 0 aromatic heterocycles. The highest BCUT2D eigenvalue weighted by molar-refractivity contribution is 5.92. The highest BCUT2D eigenvalue weighted by atomic mass is 16.1. The summed E-state index contributed by atoms with van der Waals surface area (Å²) in [7, 11) is 2.16. The van der Waals surface area contributed by atoms with Crippen molar-refractivity contribution in [2.45, 2.75) is 19.8 Å². The molecule has 1 amide bonds. The van der Waals surface area contributed by atoms with Crippen molar-refractivity contribution >= 4 is 11.6 Å². The van der Waals surface area contributed by atoms with Crippen molar-refractivity contribution in [1.82, 2.24) is 10.2 Å². The summed E-state index contributed by atoms with van der Waals surface area (Å²) in [5.41, 5.74) is 2.06. The fraction of sp³-hybridized carbons (Fsp3) is 0.562. The topological polar surface area (TPSA) is 44.4 Å². The van der Waals surface area contributed by atoms with Gasteiger partial charge in [-0.25, -0.2) is 0 Å².